The van der Waals surface area contributed by atoms with Crippen LogP contribution in [0, 0.1) is 5.41 Å². The molecule has 1 saturated heterocycles. The molecule has 0 bridgehead atoms. The minimum Gasteiger partial charge on any atom is -0.431 e. The number of aromatic nitrogens is 1. The molecule has 0 radical (unpaired) electrons. The fourth-order valence-corrected chi connectivity index (χ4v) is 3.99. The van der Waals surface area contributed by atoms with Gasteiger partial charge in [-0.15, -0.1) is 0 Å². The molecular formula is C14H17NO2S2. The van der Waals surface area contributed by atoms with Crippen LogP contribution in [0.1, 0.15) is 12.8 Å². The smallest absolute Gasteiger partial charge is 0.256 e. The van der Waals surface area contributed by atoms with Crippen molar-refractivity contribution >= 4 is 35.5 Å². The molecule has 2 aromatic rings. The van der Waals surface area contributed by atoms with Gasteiger partial charge in [-0.3, -0.25) is 0 Å². The van der Waals surface area contributed by atoms with E-state index >= 15 is 0 Å². The number of nitrogens with zero attached hydrogens (tertiary/aromatic N) is 1. The summed E-state index contributed by atoms with van der Waals surface area (Å²) in [7, 11) is 0. The molecule has 102 valence electrons. The van der Waals surface area contributed by atoms with Crippen molar-refractivity contribution in [3.63, 3.8) is 0 Å². The number of thiol groups is 1. The first-order valence-electron chi connectivity index (χ1n) is 6.48. The summed E-state index contributed by atoms with van der Waals surface area (Å²) < 4.78 is 11.2. The zero-order chi connectivity index (χ0) is 13.1. The highest BCUT2D eigenvalue weighted by Crippen LogP contribution is 2.37. The third-order valence-corrected chi connectivity index (χ3v) is 5.51. The average Bonchev–Trinajstić information content (AvgIpc) is 2.89. The van der Waals surface area contributed by atoms with Crippen molar-refractivity contribution in [2.45, 2.75) is 18.1 Å². The maximum Gasteiger partial charge on any atom is 0.256 e. The summed E-state index contributed by atoms with van der Waals surface area (Å²) in [6.07, 6.45) is 2.15. The average molecular weight is 295 g/mol. The predicted octanol–water partition coefficient (Wildman–Crippen LogP) is 3.65. The lowest BCUT2D eigenvalue weighted by atomic mass is 9.84. The Balaban J connectivity index is 1.70. The van der Waals surface area contributed by atoms with E-state index < -0.39 is 0 Å². The highest BCUT2D eigenvalue weighted by atomic mass is 32.2. The van der Waals surface area contributed by atoms with Crippen LogP contribution in [0.25, 0.3) is 11.1 Å². The summed E-state index contributed by atoms with van der Waals surface area (Å²) in [6.45, 7) is 1.68. The number of benzene rings is 1. The van der Waals surface area contributed by atoms with Crippen molar-refractivity contribution in [2.75, 3.05) is 24.7 Å². The molecule has 0 aliphatic carbocycles. The third-order valence-electron chi connectivity index (χ3n) is 3.66. The number of oxazole rings is 1. The molecule has 0 atom stereocenters. The molecule has 1 fully saturated rings. The number of hydrogen-bond acceptors (Lipinski definition) is 5. The van der Waals surface area contributed by atoms with Gasteiger partial charge >= 0.3 is 0 Å². The van der Waals surface area contributed by atoms with E-state index in [1.165, 1.54) is 0 Å². The molecule has 1 aliphatic heterocycles. The Morgan fingerprint density at radius 3 is 2.79 bits per heavy atom. The maximum atomic E-state index is 5.74. The summed E-state index contributed by atoms with van der Waals surface area (Å²) >= 11 is 6.22. The molecule has 1 aromatic carbocycles. The number of thioether (sulfide) groups is 1. The molecule has 0 spiro atoms. The number of rotatable bonds is 4. The van der Waals surface area contributed by atoms with Gasteiger partial charge in [0.25, 0.3) is 5.22 Å². The molecule has 0 unspecified atom stereocenters. The van der Waals surface area contributed by atoms with Crippen molar-refractivity contribution < 1.29 is 9.15 Å². The van der Waals surface area contributed by atoms with Crippen molar-refractivity contribution in [1.82, 2.24) is 4.98 Å². The molecule has 1 aliphatic rings. The fraction of sp³-hybridized carbons (Fsp3) is 0.500. The Hall–Kier alpha value is -0.650. The monoisotopic (exact) mass is 295 g/mol. The molecule has 1 aromatic heterocycles. The molecule has 2 heterocycles. The minimum atomic E-state index is 0.257. The summed E-state index contributed by atoms with van der Waals surface area (Å²) in [4.78, 5) is 4.50. The zero-order valence-corrected chi connectivity index (χ0v) is 12.4. The van der Waals surface area contributed by atoms with E-state index in [0.717, 1.165) is 53.9 Å². The van der Waals surface area contributed by atoms with Gasteiger partial charge in [-0.25, -0.2) is 4.98 Å². The SMILES string of the molecule is SCC1(CSc2nc3ccccc3o2)CCOCC1. The predicted molar refractivity (Wildman–Crippen MR) is 81.1 cm³/mol. The van der Waals surface area contributed by atoms with Gasteiger partial charge < -0.3 is 9.15 Å². The minimum absolute atomic E-state index is 0.257. The molecule has 0 N–H and O–H groups in total. The lowest BCUT2D eigenvalue weighted by Crippen LogP contribution is -2.33. The van der Waals surface area contributed by atoms with Gasteiger partial charge in [0.2, 0.25) is 0 Å². The number of hydrogen-bond donors (Lipinski definition) is 1. The summed E-state index contributed by atoms with van der Waals surface area (Å²) in [5, 5.41) is 0.758. The van der Waals surface area contributed by atoms with E-state index in [4.69, 9.17) is 9.15 Å². The van der Waals surface area contributed by atoms with Gasteiger partial charge in [-0.2, -0.15) is 12.6 Å². The van der Waals surface area contributed by atoms with Gasteiger partial charge in [0.15, 0.2) is 5.58 Å². The Morgan fingerprint density at radius 2 is 2.05 bits per heavy atom. The van der Waals surface area contributed by atoms with Crippen LogP contribution in [0.15, 0.2) is 33.9 Å². The van der Waals surface area contributed by atoms with E-state index in [9.17, 15) is 0 Å². The molecule has 3 nitrogen and oxygen atoms in total. The van der Waals surface area contributed by atoms with E-state index in [0.29, 0.717) is 0 Å². The molecule has 5 heteroatoms. The standard InChI is InChI=1S/C14H17NO2S2/c18-9-14(5-7-16-8-6-14)10-19-13-15-11-3-1-2-4-12(11)17-13/h1-4,18H,5-10H2. The first-order valence-corrected chi connectivity index (χ1v) is 8.10. The van der Waals surface area contributed by atoms with E-state index in [1.807, 2.05) is 24.3 Å². The normalized spacial score (nSPS) is 18.8. The Labute approximate surface area is 122 Å². The Kier molecular flexibility index (Phi) is 4.05. The molecule has 3 rings (SSSR count). The fourth-order valence-electron chi connectivity index (χ4n) is 2.28. The second-order valence-electron chi connectivity index (χ2n) is 5.01. The van der Waals surface area contributed by atoms with Gasteiger partial charge in [0.1, 0.15) is 5.52 Å². The summed E-state index contributed by atoms with van der Waals surface area (Å²) in [6, 6.07) is 7.88. The maximum absolute atomic E-state index is 5.74. The second kappa shape index (κ2) is 5.77. The van der Waals surface area contributed by atoms with Crippen LogP contribution in [-0.2, 0) is 4.74 Å². The number of fused-ring (bicyclic) bond motifs is 1. The Morgan fingerprint density at radius 1 is 1.26 bits per heavy atom. The Bertz CT molecular complexity index is 516. The van der Waals surface area contributed by atoms with Crippen molar-refractivity contribution in [2.24, 2.45) is 5.41 Å². The largest absolute Gasteiger partial charge is 0.431 e. The number of para-hydroxylation sites is 2. The third kappa shape index (κ3) is 2.93. The quantitative estimate of drug-likeness (QED) is 0.690. The van der Waals surface area contributed by atoms with E-state index in [1.54, 1.807) is 11.8 Å². The van der Waals surface area contributed by atoms with Crippen LogP contribution in [0.5, 0.6) is 0 Å². The van der Waals surface area contributed by atoms with Crippen LogP contribution < -0.4 is 0 Å². The van der Waals surface area contributed by atoms with Crippen LogP contribution in [0.2, 0.25) is 0 Å². The first-order chi connectivity index (χ1) is 9.31. The van der Waals surface area contributed by atoms with Crippen molar-refractivity contribution in [1.29, 1.82) is 0 Å². The van der Waals surface area contributed by atoms with Gasteiger partial charge in [-0.05, 0) is 36.1 Å². The van der Waals surface area contributed by atoms with Crippen LogP contribution in [-0.4, -0.2) is 29.7 Å². The lowest BCUT2D eigenvalue weighted by Gasteiger charge is -2.35. The van der Waals surface area contributed by atoms with Crippen molar-refractivity contribution in [3.8, 4) is 0 Å². The topological polar surface area (TPSA) is 35.3 Å². The summed E-state index contributed by atoms with van der Waals surface area (Å²) in [5.74, 6) is 1.89. The summed E-state index contributed by atoms with van der Waals surface area (Å²) in [5.41, 5.74) is 2.04. The number of ether oxygens (including phenoxy) is 1. The van der Waals surface area contributed by atoms with Crippen molar-refractivity contribution in [3.05, 3.63) is 24.3 Å². The molecule has 0 saturated carbocycles. The lowest BCUT2D eigenvalue weighted by molar-refractivity contribution is 0.0370. The van der Waals surface area contributed by atoms with Crippen LogP contribution >= 0.6 is 24.4 Å². The highest BCUT2D eigenvalue weighted by molar-refractivity contribution is 7.99. The van der Waals surface area contributed by atoms with Gasteiger partial charge in [0, 0.05) is 19.0 Å². The molecular weight excluding hydrogens is 278 g/mol. The second-order valence-corrected chi connectivity index (χ2v) is 6.25. The van der Waals surface area contributed by atoms with Crippen LogP contribution in [0.3, 0.4) is 0 Å². The van der Waals surface area contributed by atoms with Crippen LogP contribution in [0.4, 0.5) is 0 Å². The van der Waals surface area contributed by atoms with E-state index in [-0.39, 0.29) is 5.41 Å². The molecule has 0 amide bonds. The highest BCUT2D eigenvalue weighted by Gasteiger charge is 2.31. The van der Waals surface area contributed by atoms with E-state index in [2.05, 4.69) is 17.6 Å². The van der Waals surface area contributed by atoms with Gasteiger partial charge in [-0.1, -0.05) is 23.9 Å². The first kappa shape index (κ1) is 13.3. The van der Waals surface area contributed by atoms with Gasteiger partial charge in [0.05, 0.1) is 0 Å². The molecule has 19 heavy (non-hydrogen) atoms. The zero-order valence-electron chi connectivity index (χ0n) is 10.7.